The Hall–Kier alpha value is -1.51. The lowest BCUT2D eigenvalue weighted by Gasteiger charge is -2.12. The highest BCUT2D eigenvalue weighted by atomic mass is 16.5. The fourth-order valence-electron chi connectivity index (χ4n) is 1.64. The molecule has 0 aliphatic carbocycles. The van der Waals surface area contributed by atoms with Crippen molar-refractivity contribution in [2.24, 2.45) is 5.92 Å². The summed E-state index contributed by atoms with van der Waals surface area (Å²) in [5.74, 6) is 1.65. The lowest BCUT2D eigenvalue weighted by atomic mass is 10.1. The van der Waals surface area contributed by atoms with Crippen molar-refractivity contribution in [1.82, 2.24) is 0 Å². The van der Waals surface area contributed by atoms with Crippen LogP contribution in [0.3, 0.4) is 0 Å². The molecule has 3 nitrogen and oxygen atoms in total. The van der Waals surface area contributed by atoms with Gasteiger partial charge in [0, 0.05) is 0 Å². The zero-order chi connectivity index (χ0) is 16.5. The highest BCUT2D eigenvalue weighted by molar-refractivity contribution is 5.36. The lowest BCUT2D eigenvalue weighted by Crippen LogP contribution is -2.08. The first kappa shape index (κ1) is 21.8. The molecular weight excluding hydrogens is 264 g/mol. The average molecular weight is 296 g/mol. The molecule has 0 spiro atoms. The van der Waals surface area contributed by atoms with Crippen LogP contribution in [0.15, 0.2) is 24.3 Å². The van der Waals surface area contributed by atoms with E-state index in [2.05, 4.69) is 49.8 Å². The van der Waals surface area contributed by atoms with E-state index in [-0.39, 0.29) is 0 Å². The zero-order valence-electron chi connectivity index (χ0n) is 14.5. The van der Waals surface area contributed by atoms with Gasteiger partial charge in [0.2, 0.25) is 0 Å². The Morgan fingerprint density at radius 3 is 2.05 bits per heavy atom. The molecule has 0 N–H and O–H groups in total. The first-order valence-corrected chi connectivity index (χ1v) is 7.86. The molecule has 0 bridgehead atoms. The van der Waals surface area contributed by atoms with E-state index in [1.165, 1.54) is 25.5 Å². The van der Waals surface area contributed by atoms with Crippen molar-refractivity contribution in [3.05, 3.63) is 29.8 Å². The van der Waals surface area contributed by atoms with Gasteiger partial charge >= 0.3 is 0 Å². The van der Waals surface area contributed by atoms with Gasteiger partial charge in [0.15, 0.2) is 0 Å². The molecule has 1 rings (SSSR count). The summed E-state index contributed by atoms with van der Waals surface area (Å²) in [5.41, 5.74) is 1.36. The molecule has 0 saturated carbocycles. The summed E-state index contributed by atoms with van der Waals surface area (Å²) >= 11 is 0. The van der Waals surface area contributed by atoms with Gasteiger partial charge in [-0.1, -0.05) is 53.2 Å². The molecule has 0 aliphatic heterocycles. The van der Waals surface area contributed by atoms with Crippen LogP contribution >= 0.6 is 0 Å². The van der Waals surface area contributed by atoms with Gasteiger partial charge in [0.25, 0.3) is 6.47 Å². The Balaban J connectivity index is 0. The number of ether oxygens (including phenoxy) is 2. The molecule has 21 heavy (non-hydrogen) atoms. The minimum atomic E-state index is 0.375. The molecule has 1 unspecified atom stereocenters. The predicted molar refractivity (Wildman–Crippen MR) is 89.8 cm³/mol. The van der Waals surface area contributed by atoms with E-state index < -0.39 is 0 Å². The van der Waals surface area contributed by atoms with Gasteiger partial charge in [-0.15, -0.1) is 0 Å². The fraction of sp³-hybridized carbons (Fsp3) is 0.611. The molecule has 1 atom stereocenters. The van der Waals surface area contributed by atoms with Crippen LogP contribution in [0, 0.1) is 5.92 Å². The third-order valence-electron chi connectivity index (χ3n) is 2.74. The first-order valence-electron chi connectivity index (χ1n) is 7.86. The van der Waals surface area contributed by atoms with Gasteiger partial charge in [0.1, 0.15) is 5.75 Å². The quantitative estimate of drug-likeness (QED) is 0.673. The Kier molecular flexibility index (Phi) is 17.2. The van der Waals surface area contributed by atoms with Crippen molar-refractivity contribution in [2.75, 3.05) is 13.7 Å². The maximum absolute atomic E-state index is 8.95. The molecule has 0 aliphatic rings. The average Bonchev–Trinajstić information content (AvgIpc) is 2.56. The van der Waals surface area contributed by atoms with Crippen LogP contribution in [-0.2, 0) is 16.0 Å². The number of methoxy groups -OCH3 is 1. The number of aryl methyl sites for hydroxylation is 1. The summed E-state index contributed by atoms with van der Waals surface area (Å²) in [4.78, 5) is 8.95. The Morgan fingerprint density at radius 1 is 1.14 bits per heavy atom. The third-order valence-corrected chi connectivity index (χ3v) is 2.74. The normalized spacial score (nSPS) is 10.2. The summed E-state index contributed by atoms with van der Waals surface area (Å²) in [6.45, 7) is 11.8. The van der Waals surface area contributed by atoms with E-state index in [0.717, 1.165) is 18.8 Å². The number of hydrogen-bond acceptors (Lipinski definition) is 3. The van der Waals surface area contributed by atoms with Gasteiger partial charge in [0.05, 0.1) is 13.7 Å². The lowest BCUT2D eigenvalue weighted by molar-refractivity contribution is -0.126. The fourth-order valence-corrected chi connectivity index (χ4v) is 1.64. The van der Waals surface area contributed by atoms with Crippen LogP contribution in [0.25, 0.3) is 0 Å². The molecular formula is C18H32O3. The molecule has 1 aromatic carbocycles. The predicted octanol–water partition coefficient (Wildman–Crippen LogP) is 4.88. The van der Waals surface area contributed by atoms with Crippen molar-refractivity contribution in [2.45, 2.75) is 53.9 Å². The van der Waals surface area contributed by atoms with E-state index in [1.807, 2.05) is 13.8 Å². The summed E-state index contributed by atoms with van der Waals surface area (Å²) in [6.07, 6.45) is 3.57. The highest BCUT2D eigenvalue weighted by Gasteiger charge is 2.01. The van der Waals surface area contributed by atoms with Gasteiger partial charge < -0.3 is 9.47 Å². The van der Waals surface area contributed by atoms with Crippen LogP contribution in [0.2, 0.25) is 0 Å². The second-order valence-electron chi connectivity index (χ2n) is 4.53. The number of carbonyl (C=O) groups excluding carboxylic acids is 1. The van der Waals surface area contributed by atoms with Crippen LogP contribution in [-0.4, -0.2) is 20.2 Å². The number of rotatable bonds is 7. The Bertz CT molecular complexity index is 320. The minimum absolute atomic E-state index is 0.375. The topological polar surface area (TPSA) is 35.5 Å². The van der Waals surface area contributed by atoms with Gasteiger partial charge in [-0.25, -0.2) is 0 Å². The van der Waals surface area contributed by atoms with E-state index >= 15 is 0 Å². The maximum Gasteiger partial charge on any atom is 0.292 e. The third kappa shape index (κ3) is 13.2. The van der Waals surface area contributed by atoms with E-state index in [9.17, 15) is 0 Å². The summed E-state index contributed by atoms with van der Waals surface area (Å²) in [7, 11) is 1.31. The van der Waals surface area contributed by atoms with Crippen LogP contribution < -0.4 is 4.74 Å². The highest BCUT2D eigenvalue weighted by Crippen LogP contribution is 2.14. The van der Waals surface area contributed by atoms with E-state index in [4.69, 9.17) is 9.53 Å². The summed E-state index contributed by atoms with van der Waals surface area (Å²) < 4.78 is 9.58. The number of carbonyl (C=O) groups is 1. The molecule has 0 amide bonds. The molecule has 1 aromatic rings. The van der Waals surface area contributed by atoms with E-state index in [1.54, 1.807) is 0 Å². The van der Waals surface area contributed by atoms with Crippen molar-refractivity contribution in [1.29, 1.82) is 0 Å². The van der Waals surface area contributed by atoms with Gasteiger partial charge in [-0.3, -0.25) is 4.79 Å². The SMILES string of the molecule is CC.CCCC(C)COc1ccc(CC)cc1.COC=O. The second kappa shape index (κ2) is 16.5. The first-order chi connectivity index (χ1) is 10.2. The Morgan fingerprint density at radius 2 is 1.67 bits per heavy atom. The zero-order valence-corrected chi connectivity index (χ0v) is 14.5. The molecule has 3 heteroatoms. The molecule has 0 radical (unpaired) electrons. The van der Waals surface area contributed by atoms with Crippen molar-refractivity contribution in [3.8, 4) is 5.75 Å². The smallest absolute Gasteiger partial charge is 0.292 e. The largest absolute Gasteiger partial charge is 0.493 e. The van der Waals surface area contributed by atoms with Crippen LogP contribution in [0.1, 0.15) is 53.0 Å². The van der Waals surface area contributed by atoms with E-state index in [0.29, 0.717) is 12.4 Å². The van der Waals surface area contributed by atoms with Crippen LogP contribution in [0.5, 0.6) is 5.75 Å². The summed E-state index contributed by atoms with van der Waals surface area (Å²) in [6, 6.07) is 8.41. The monoisotopic (exact) mass is 296 g/mol. The van der Waals surface area contributed by atoms with Crippen LogP contribution in [0.4, 0.5) is 0 Å². The minimum Gasteiger partial charge on any atom is -0.493 e. The van der Waals surface area contributed by atoms with Gasteiger partial charge in [-0.05, 0) is 36.5 Å². The van der Waals surface area contributed by atoms with Gasteiger partial charge in [-0.2, -0.15) is 0 Å². The summed E-state index contributed by atoms with van der Waals surface area (Å²) in [5, 5.41) is 0. The number of benzene rings is 1. The molecule has 0 aromatic heterocycles. The Labute approximate surface area is 130 Å². The molecule has 0 saturated heterocycles. The standard InChI is InChI=1S/C14H22O.C2H4O2.C2H6/c1-4-6-12(3)11-15-14-9-7-13(5-2)8-10-14;1-4-2-3;1-2/h7-10,12H,4-6,11H2,1-3H3;2H,1H3;1-2H3. The maximum atomic E-state index is 8.95. The molecule has 122 valence electrons. The van der Waals surface area contributed by atoms with Crippen molar-refractivity contribution in [3.63, 3.8) is 0 Å². The number of hydrogen-bond donors (Lipinski definition) is 0. The second-order valence-corrected chi connectivity index (χ2v) is 4.53. The van der Waals surface area contributed by atoms with Crippen molar-refractivity contribution < 1.29 is 14.3 Å². The molecule has 0 heterocycles. The molecule has 0 fully saturated rings. The van der Waals surface area contributed by atoms with Crippen molar-refractivity contribution >= 4 is 6.47 Å².